The molecule has 162 valence electrons. The number of nitrogens with zero attached hydrogens (tertiary/aromatic N) is 2. The molecule has 30 heavy (non-hydrogen) atoms. The number of benzene rings is 2. The molecular formula is C21H24F3N3O3. The zero-order valence-electron chi connectivity index (χ0n) is 17.0. The molecule has 0 saturated carbocycles. The topological polar surface area (TPSA) is 61.9 Å². The maximum absolute atomic E-state index is 12.5. The summed E-state index contributed by atoms with van der Waals surface area (Å²) in [5, 5.41) is 2.53. The van der Waals surface area contributed by atoms with Crippen LogP contribution >= 0.6 is 0 Å². The van der Waals surface area contributed by atoms with Crippen LogP contribution in [0.4, 0.5) is 24.5 Å². The molecule has 0 saturated heterocycles. The third kappa shape index (κ3) is 6.68. The van der Waals surface area contributed by atoms with Crippen LogP contribution in [0.1, 0.15) is 24.2 Å². The molecule has 0 fully saturated rings. The number of hydrogen-bond acceptors (Lipinski definition) is 4. The van der Waals surface area contributed by atoms with E-state index >= 15 is 0 Å². The number of nitrogens with one attached hydrogen (secondary N) is 1. The summed E-state index contributed by atoms with van der Waals surface area (Å²) in [5.74, 6) is -1.18. The minimum Gasteiger partial charge on any atom is -0.406 e. The number of ether oxygens (including phenoxy) is 1. The molecule has 0 heterocycles. The number of amides is 2. The smallest absolute Gasteiger partial charge is 0.406 e. The summed E-state index contributed by atoms with van der Waals surface area (Å²) in [6.07, 6.45) is -4.78. The van der Waals surface area contributed by atoms with Crippen LogP contribution in [0.5, 0.6) is 5.75 Å². The van der Waals surface area contributed by atoms with E-state index in [4.69, 9.17) is 0 Å². The summed E-state index contributed by atoms with van der Waals surface area (Å²) in [6.45, 7) is 5.59. The first-order valence-corrected chi connectivity index (χ1v) is 9.39. The van der Waals surface area contributed by atoms with Crippen molar-refractivity contribution < 1.29 is 27.5 Å². The van der Waals surface area contributed by atoms with Crippen LogP contribution < -0.4 is 15.0 Å². The van der Waals surface area contributed by atoms with Crippen LogP contribution in [0.15, 0.2) is 48.5 Å². The molecule has 0 radical (unpaired) electrons. The van der Waals surface area contributed by atoms with Crippen molar-refractivity contribution in [2.45, 2.75) is 20.2 Å². The van der Waals surface area contributed by atoms with Crippen molar-refractivity contribution in [3.05, 3.63) is 54.1 Å². The van der Waals surface area contributed by atoms with Crippen LogP contribution in [0.2, 0.25) is 0 Å². The van der Waals surface area contributed by atoms with Gasteiger partial charge in [-0.2, -0.15) is 0 Å². The molecule has 9 heteroatoms. The molecule has 2 rings (SSSR count). The van der Waals surface area contributed by atoms with Gasteiger partial charge in [-0.1, -0.05) is 0 Å². The minimum atomic E-state index is -4.78. The van der Waals surface area contributed by atoms with Crippen molar-refractivity contribution >= 4 is 23.2 Å². The van der Waals surface area contributed by atoms with E-state index in [1.165, 1.54) is 24.1 Å². The monoisotopic (exact) mass is 423 g/mol. The number of halogens is 3. The predicted molar refractivity (Wildman–Crippen MR) is 109 cm³/mol. The highest BCUT2D eigenvalue weighted by Gasteiger charge is 2.31. The maximum atomic E-state index is 12.5. The number of likely N-dealkylation sites (N-methyl/N-ethyl adjacent to an activating group) is 1. The van der Waals surface area contributed by atoms with Gasteiger partial charge in [0, 0.05) is 37.1 Å². The lowest BCUT2D eigenvalue weighted by atomic mass is 10.1. The fourth-order valence-corrected chi connectivity index (χ4v) is 2.85. The zero-order valence-corrected chi connectivity index (χ0v) is 17.0. The van der Waals surface area contributed by atoms with Gasteiger partial charge in [-0.3, -0.25) is 9.59 Å². The molecule has 0 aliphatic rings. The van der Waals surface area contributed by atoms with E-state index in [-0.39, 0.29) is 18.2 Å². The van der Waals surface area contributed by atoms with Gasteiger partial charge in [0.2, 0.25) is 5.91 Å². The molecule has 0 atom stereocenters. The van der Waals surface area contributed by atoms with Crippen LogP contribution in [0, 0.1) is 0 Å². The molecule has 0 bridgehead atoms. The largest absolute Gasteiger partial charge is 0.573 e. The van der Waals surface area contributed by atoms with Crippen molar-refractivity contribution in [3.63, 3.8) is 0 Å². The molecule has 0 spiro atoms. The zero-order chi connectivity index (χ0) is 22.3. The molecule has 0 aliphatic carbocycles. The SMILES string of the molecule is CCN(CC)c1ccc(C(=O)N(C)CC(=O)Nc2ccc(OC(F)(F)F)cc2)cc1. The summed E-state index contributed by atoms with van der Waals surface area (Å²) in [7, 11) is 1.50. The van der Waals surface area contributed by atoms with E-state index < -0.39 is 12.3 Å². The number of alkyl halides is 3. The fraction of sp³-hybridized carbons (Fsp3) is 0.333. The number of carbonyl (C=O) groups is 2. The number of carbonyl (C=O) groups excluding carboxylic acids is 2. The molecule has 2 amide bonds. The van der Waals surface area contributed by atoms with Crippen LogP contribution in [-0.2, 0) is 4.79 Å². The average molecular weight is 423 g/mol. The lowest BCUT2D eigenvalue weighted by Crippen LogP contribution is -2.35. The van der Waals surface area contributed by atoms with E-state index in [2.05, 4.69) is 15.0 Å². The normalized spacial score (nSPS) is 11.0. The molecule has 6 nitrogen and oxygen atoms in total. The third-order valence-corrected chi connectivity index (χ3v) is 4.34. The third-order valence-electron chi connectivity index (χ3n) is 4.34. The summed E-state index contributed by atoms with van der Waals surface area (Å²) in [6, 6.07) is 11.9. The first-order chi connectivity index (χ1) is 14.1. The predicted octanol–water partition coefficient (Wildman–Crippen LogP) is 4.14. The van der Waals surface area contributed by atoms with Crippen LogP contribution in [0.25, 0.3) is 0 Å². The Labute approximate surface area is 173 Å². The number of rotatable bonds is 8. The Morgan fingerprint density at radius 3 is 2.03 bits per heavy atom. The van der Waals surface area contributed by atoms with Gasteiger partial charge in [-0.15, -0.1) is 13.2 Å². The van der Waals surface area contributed by atoms with Gasteiger partial charge in [0.25, 0.3) is 5.91 Å². The van der Waals surface area contributed by atoms with Crippen LogP contribution in [-0.4, -0.2) is 49.8 Å². The number of hydrogen-bond donors (Lipinski definition) is 1. The average Bonchev–Trinajstić information content (AvgIpc) is 2.69. The molecular weight excluding hydrogens is 399 g/mol. The highest BCUT2D eigenvalue weighted by Crippen LogP contribution is 2.24. The van der Waals surface area contributed by atoms with E-state index in [1.54, 1.807) is 12.1 Å². The second-order valence-electron chi connectivity index (χ2n) is 6.50. The maximum Gasteiger partial charge on any atom is 0.573 e. The van der Waals surface area contributed by atoms with Gasteiger partial charge in [-0.05, 0) is 62.4 Å². The van der Waals surface area contributed by atoms with E-state index in [0.29, 0.717) is 11.3 Å². The Hall–Kier alpha value is -3.23. The molecule has 1 N–H and O–H groups in total. The highest BCUT2D eigenvalue weighted by atomic mass is 19.4. The summed E-state index contributed by atoms with van der Waals surface area (Å²) < 4.78 is 40.3. The first-order valence-electron chi connectivity index (χ1n) is 9.39. The summed E-state index contributed by atoms with van der Waals surface area (Å²) in [4.78, 5) is 28.1. The first kappa shape index (κ1) is 23.1. The summed E-state index contributed by atoms with van der Waals surface area (Å²) in [5.41, 5.74) is 1.75. The number of anilines is 2. The highest BCUT2D eigenvalue weighted by molar-refractivity contribution is 5.99. The second-order valence-corrected chi connectivity index (χ2v) is 6.50. The van der Waals surface area contributed by atoms with Crippen molar-refractivity contribution in [3.8, 4) is 5.75 Å². The van der Waals surface area contributed by atoms with E-state index in [0.717, 1.165) is 30.9 Å². The van der Waals surface area contributed by atoms with E-state index in [9.17, 15) is 22.8 Å². The van der Waals surface area contributed by atoms with Gasteiger partial charge >= 0.3 is 6.36 Å². The fourth-order valence-electron chi connectivity index (χ4n) is 2.85. The molecule has 2 aromatic rings. The van der Waals surface area contributed by atoms with Gasteiger partial charge < -0.3 is 19.9 Å². The van der Waals surface area contributed by atoms with Crippen molar-refractivity contribution in [1.29, 1.82) is 0 Å². The Bertz CT molecular complexity index is 849. The second kappa shape index (κ2) is 10.00. The van der Waals surface area contributed by atoms with Gasteiger partial charge in [-0.25, -0.2) is 0 Å². The summed E-state index contributed by atoms with van der Waals surface area (Å²) >= 11 is 0. The molecule has 2 aromatic carbocycles. The minimum absolute atomic E-state index is 0.211. The van der Waals surface area contributed by atoms with Gasteiger partial charge in [0.1, 0.15) is 5.75 Å². The van der Waals surface area contributed by atoms with Crippen molar-refractivity contribution in [2.24, 2.45) is 0 Å². The Kier molecular flexibility index (Phi) is 7.68. The van der Waals surface area contributed by atoms with E-state index in [1.807, 2.05) is 26.0 Å². The molecule has 0 aromatic heterocycles. The van der Waals surface area contributed by atoms with Crippen molar-refractivity contribution in [2.75, 3.05) is 36.9 Å². The lowest BCUT2D eigenvalue weighted by Gasteiger charge is -2.22. The van der Waals surface area contributed by atoms with Crippen molar-refractivity contribution in [1.82, 2.24) is 4.90 Å². The molecule has 0 aliphatic heterocycles. The standard InChI is InChI=1S/C21H24F3N3O3/c1-4-27(5-2)17-10-6-15(7-11-17)20(29)26(3)14-19(28)25-16-8-12-18(13-9-16)30-21(22,23)24/h6-13H,4-5,14H2,1-3H3,(H,25,28). The quantitative estimate of drug-likeness (QED) is 0.693. The van der Waals surface area contributed by atoms with Gasteiger partial charge in [0.05, 0.1) is 6.54 Å². The molecule has 0 unspecified atom stereocenters. The Morgan fingerprint density at radius 2 is 1.53 bits per heavy atom. The lowest BCUT2D eigenvalue weighted by molar-refractivity contribution is -0.274. The Balaban J connectivity index is 1.92. The van der Waals surface area contributed by atoms with Gasteiger partial charge in [0.15, 0.2) is 0 Å². The Morgan fingerprint density at radius 1 is 0.967 bits per heavy atom. The van der Waals surface area contributed by atoms with Crippen LogP contribution in [0.3, 0.4) is 0 Å².